The van der Waals surface area contributed by atoms with E-state index < -0.39 is 66.4 Å². The van der Waals surface area contributed by atoms with Gasteiger partial charge in [-0.05, 0) is 36.2 Å². The number of amides is 3. The molecule has 14 nitrogen and oxygen atoms in total. The number of carboxylic acid groups (broad SMARTS) is 2. The minimum atomic E-state index is -1.62. The van der Waals surface area contributed by atoms with Crippen molar-refractivity contribution in [3.05, 3.63) is 65.9 Å². The summed E-state index contributed by atoms with van der Waals surface area (Å²) in [4.78, 5) is 65.1. The van der Waals surface area contributed by atoms with E-state index in [1.54, 1.807) is 30.5 Å². The van der Waals surface area contributed by atoms with Crippen LogP contribution in [0.15, 0.2) is 54.7 Å². The van der Waals surface area contributed by atoms with Gasteiger partial charge >= 0.3 is 11.9 Å². The van der Waals surface area contributed by atoms with Gasteiger partial charge in [0.1, 0.15) is 23.9 Å². The molecule has 224 valence electrons. The highest BCUT2D eigenvalue weighted by molar-refractivity contribution is 5.95. The highest BCUT2D eigenvalue weighted by Gasteiger charge is 2.33. The Morgan fingerprint density at radius 2 is 1.50 bits per heavy atom. The normalized spacial score (nSPS) is 14.6. The lowest BCUT2D eigenvalue weighted by Gasteiger charge is -2.26. The first-order valence-corrected chi connectivity index (χ1v) is 13.0. The van der Waals surface area contributed by atoms with E-state index >= 15 is 0 Å². The summed E-state index contributed by atoms with van der Waals surface area (Å²) in [6.07, 6.45) is -0.774. The number of aromatic hydroxyl groups is 1. The fraction of sp³-hybridized carbons (Fsp3) is 0.321. The minimum Gasteiger partial charge on any atom is -0.508 e. The van der Waals surface area contributed by atoms with Crippen molar-refractivity contribution in [1.29, 1.82) is 0 Å². The third-order valence-electron chi connectivity index (χ3n) is 6.52. The summed E-state index contributed by atoms with van der Waals surface area (Å²) >= 11 is 0. The molecule has 10 N–H and O–H groups in total. The molecule has 0 saturated heterocycles. The average molecular weight is 584 g/mol. The molecule has 1 heterocycles. The molecule has 0 bridgehead atoms. The van der Waals surface area contributed by atoms with Crippen molar-refractivity contribution in [2.45, 2.75) is 56.5 Å². The molecule has 0 radical (unpaired) electrons. The molecule has 5 unspecified atom stereocenters. The largest absolute Gasteiger partial charge is 0.508 e. The summed E-state index contributed by atoms with van der Waals surface area (Å²) in [5.41, 5.74) is 7.56. The van der Waals surface area contributed by atoms with E-state index in [-0.39, 0.29) is 18.6 Å². The Morgan fingerprint density at radius 3 is 2.12 bits per heavy atom. The topological polar surface area (TPSA) is 244 Å². The Morgan fingerprint density at radius 1 is 0.857 bits per heavy atom. The van der Waals surface area contributed by atoms with Crippen LogP contribution in [0.3, 0.4) is 0 Å². The Kier molecular flexibility index (Phi) is 10.6. The number of aliphatic hydroxyl groups is 1. The molecule has 0 saturated carbocycles. The first-order valence-electron chi connectivity index (χ1n) is 13.0. The number of fused-ring (bicyclic) bond motifs is 1. The van der Waals surface area contributed by atoms with Crippen molar-refractivity contribution < 1.29 is 44.4 Å². The number of benzene rings is 2. The standard InChI is InChI=1S/C28H33N5O9/c1-14(34)24(27(40)32-22(28(41)42)10-15-6-8-17(35)9-7-15)33-26(39)21(31-25(38)19(29)12-23(36)37)11-16-13-30-20-5-3-2-4-18(16)20/h2-9,13-14,19,21-22,24,30,34-35H,10-12,29H2,1H3,(H,31,38)(H,32,40)(H,33,39)(H,36,37)(H,41,42). The Hall–Kier alpha value is -4.95. The van der Waals surface area contributed by atoms with Crippen molar-refractivity contribution in [1.82, 2.24) is 20.9 Å². The number of hydrogen-bond acceptors (Lipinski definition) is 8. The second-order valence-electron chi connectivity index (χ2n) is 9.83. The number of para-hydroxylation sites is 1. The van der Waals surface area contributed by atoms with Gasteiger partial charge in [-0.25, -0.2) is 4.79 Å². The van der Waals surface area contributed by atoms with Gasteiger partial charge in [-0.3, -0.25) is 19.2 Å². The van der Waals surface area contributed by atoms with Crippen LogP contribution < -0.4 is 21.7 Å². The molecule has 3 aromatic rings. The number of nitrogens with two attached hydrogens (primary N) is 1. The first-order chi connectivity index (χ1) is 19.8. The van der Waals surface area contributed by atoms with Gasteiger partial charge in [-0.15, -0.1) is 0 Å². The Labute approximate surface area is 239 Å². The van der Waals surface area contributed by atoms with Crippen LogP contribution in [0.5, 0.6) is 5.75 Å². The number of rotatable bonds is 14. The van der Waals surface area contributed by atoms with Crippen LogP contribution in [0, 0.1) is 0 Å². The maximum absolute atomic E-state index is 13.4. The third-order valence-corrected chi connectivity index (χ3v) is 6.52. The summed E-state index contributed by atoms with van der Waals surface area (Å²) < 4.78 is 0. The second-order valence-corrected chi connectivity index (χ2v) is 9.83. The van der Waals surface area contributed by atoms with Crippen LogP contribution in [0.25, 0.3) is 10.9 Å². The Balaban J connectivity index is 1.80. The molecule has 1 aromatic heterocycles. The van der Waals surface area contributed by atoms with E-state index in [2.05, 4.69) is 20.9 Å². The molecule has 14 heteroatoms. The molecule has 0 aliphatic carbocycles. The maximum Gasteiger partial charge on any atom is 0.326 e. The van der Waals surface area contributed by atoms with Crippen molar-refractivity contribution >= 4 is 40.6 Å². The molecular weight excluding hydrogens is 550 g/mol. The molecular formula is C28H33N5O9. The number of phenolic OH excluding ortho intramolecular Hbond substituents is 1. The van der Waals surface area contributed by atoms with Gasteiger partial charge in [0.25, 0.3) is 0 Å². The predicted molar refractivity (Wildman–Crippen MR) is 149 cm³/mol. The molecule has 0 fully saturated rings. The van der Waals surface area contributed by atoms with E-state index in [4.69, 9.17) is 10.8 Å². The van der Waals surface area contributed by atoms with E-state index in [0.717, 1.165) is 10.9 Å². The molecule has 3 rings (SSSR count). The number of carbonyl (C=O) groups excluding carboxylic acids is 3. The number of aliphatic hydroxyl groups excluding tert-OH is 1. The van der Waals surface area contributed by atoms with E-state index in [1.807, 2.05) is 0 Å². The lowest BCUT2D eigenvalue weighted by molar-refractivity contribution is -0.143. The molecule has 0 aliphatic heterocycles. The van der Waals surface area contributed by atoms with E-state index in [1.165, 1.54) is 31.2 Å². The van der Waals surface area contributed by atoms with Crippen LogP contribution in [0.2, 0.25) is 0 Å². The van der Waals surface area contributed by atoms with Gasteiger partial charge in [-0.2, -0.15) is 0 Å². The summed E-state index contributed by atoms with van der Waals surface area (Å²) in [5, 5.41) is 46.3. The highest BCUT2D eigenvalue weighted by Crippen LogP contribution is 2.19. The SMILES string of the molecule is CC(O)C(NC(=O)C(Cc1c[nH]c2ccccc12)NC(=O)C(N)CC(=O)O)C(=O)NC(Cc1ccc(O)cc1)C(=O)O. The van der Waals surface area contributed by atoms with Crippen LogP contribution in [-0.2, 0) is 36.8 Å². The highest BCUT2D eigenvalue weighted by atomic mass is 16.4. The fourth-order valence-electron chi connectivity index (χ4n) is 4.28. The number of carbonyl (C=O) groups is 5. The minimum absolute atomic E-state index is 0.0234. The van der Waals surface area contributed by atoms with Crippen molar-refractivity contribution in [3.63, 3.8) is 0 Å². The fourth-order valence-corrected chi connectivity index (χ4v) is 4.28. The van der Waals surface area contributed by atoms with E-state index in [0.29, 0.717) is 11.1 Å². The number of carboxylic acids is 2. The van der Waals surface area contributed by atoms with Gasteiger partial charge < -0.3 is 47.1 Å². The molecule has 0 spiro atoms. The van der Waals surface area contributed by atoms with Crippen LogP contribution in [-0.4, -0.2) is 85.3 Å². The van der Waals surface area contributed by atoms with E-state index in [9.17, 15) is 39.3 Å². The van der Waals surface area contributed by atoms with Crippen molar-refractivity contribution in [2.75, 3.05) is 0 Å². The number of aliphatic carboxylic acids is 2. The quantitative estimate of drug-likeness (QED) is 0.116. The smallest absolute Gasteiger partial charge is 0.326 e. The first kappa shape index (κ1) is 31.6. The summed E-state index contributed by atoms with van der Waals surface area (Å²) in [6.45, 7) is 1.22. The van der Waals surface area contributed by atoms with Crippen molar-refractivity contribution in [3.8, 4) is 5.75 Å². The number of aromatic amines is 1. The predicted octanol–water partition coefficient (Wildman–Crippen LogP) is -0.619. The lowest BCUT2D eigenvalue weighted by atomic mass is 10.0. The van der Waals surface area contributed by atoms with Crippen LogP contribution >= 0.6 is 0 Å². The van der Waals surface area contributed by atoms with Gasteiger partial charge in [0.15, 0.2) is 0 Å². The summed E-state index contributed by atoms with van der Waals surface area (Å²) in [6, 6.07) is 7.00. The number of nitrogens with one attached hydrogen (secondary N) is 4. The molecule has 0 aliphatic rings. The van der Waals surface area contributed by atoms with Crippen molar-refractivity contribution in [2.24, 2.45) is 5.73 Å². The van der Waals surface area contributed by atoms with Crippen LogP contribution in [0.1, 0.15) is 24.5 Å². The molecule has 2 aromatic carbocycles. The lowest BCUT2D eigenvalue weighted by Crippen LogP contribution is -2.60. The Bertz CT molecular complexity index is 1440. The summed E-state index contributed by atoms with van der Waals surface area (Å²) in [7, 11) is 0. The van der Waals surface area contributed by atoms with Crippen LogP contribution in [0.4, 0.5) is 0 Å². The zero-order valence-corrected chi connectivity index (χ0v) is 22.6. The molecule has 42 heavy (non-hydrogen) atoms. The van der Waals surface area contributed by atoms with Gasteiger partial charge in [0, 0.05) is 29.9 Å². The molecule has 3 amide bonds. The monoisotopic (exact) mass is 583 g/mol. The van der Waals surface area contributed by atoms with Gasteiger partial charge in [-0.1, -0.05) is 30.3 Å². The number of H-pyrrole nitrogens is 1. The maximum atomic E-state index is 13.4. The third kappa shape index (κ3) is 8.52. The number of phenols is 1. The zero-order valence-electron chi connectivity index (χ0n) is 22.6. The summed E-state index contributed by atoms with van der Waals surface area (Å²) in [5.74, 6) is -5.53. The average Bonchev–Trinajstić information content (AvgIpc) is 3.33. The van der Waals surface area contributed by atoms with Gasteiger partial charge in [0.05, 0.1) is 18.6 Å². The number of hydrogen-bond donors (Lipinski definition) is 9. The molecule has 5 atom stereocenters. The zero-order chi connectivity index (χ0) is 31.0. The van der Waals surface area contributed by atoms with Gasteiger partial charge in [0.2, 0.25) is 17.7 Å². The number of aromatic nitrogens is 1. The second kappa shape index (κ2) is 14.1.